The number of imide groups is 1. The zero-order chi connectivity index (χ0) is 21.3. The van der Waals surface area contributed by atoms with E-state index in [1.165, 1.54) is 6.07 Å². The Kier molecular flexibility index (Phi) is 5.28. The molecule has 0 saturated carbocycles. The van der Waals surface area contributed by atoms with Crippen molar-refractivity contribution >= 4 is 23.4 Å². The second kappa shape index (κ2) is 7.89. The Morgan fingerprint density at radius 2 is 1.60 bits per heavy atom. The van der Waals surface area contributed by atoms with Gasteiger partial charge in [-0.15, -0.1) is 0 Å². The van der Waals surface area contributed by atoms with Crippen molar-refractivity contribution in [2.24, 2.45) is 0 Å². The molecule has 1 unspecified atom stereocenters. The molecule has 3 amide bonds. The van der Waals surface area contributed by atoms with Gasteiger partial charge in [0.05, 0.1) is 11.1 Å². The lowest BCUT2D eigenvalue weighted by molar-refractivity contribution is -0.146. The summed E-state index contributed by atoms with van der Waals surface area (Å²) in [5.74, 6) is -1.21. The fourth-order valence-corrected chi connectivity index (χ4v) is 4.22. The number of benzene rings is 2. The van der Waals surface area contributed by atoms with E-state index in [9.17, 15) is 18.8 Å². The van der Waals surface area contributed by atoms with E-state index in [-0.39, 0.29) is 36.5 Å². The van der Waals surface area contributed by atoms with Gasteiger partial charge in [-0.3, -0.25) is 19.3 Å². The van der Waals surface area contributed by atoms with Crippen LogP contribution in [0.1, 0.15) is 18.9 Å². The average molecular weight is 409 g/mol. The van der Waals surface area contributed by atoms with Crippen LogP contribution < -0.4 is 4.90 Å². The number of hydrogen-bond donors (Lipinski definition) is 0. The minimum absolute atomic E-state index is 0.0597. The number of halogens is 1. The monoisotopic (exact) mass is 409 g/mol. The molecule has 4 rings (SSSR count). The molecule has 7 heteroatoms. The number of carbonyl (C=O) groups excluding carboxylic acids is 3. The highest BCUT2D eigenvalue weighted by Crippen LogP contribution is 2.36. The summed E-state index contributed by atoms with van der Waals surface area (Å²) in [5.41, 5.74) is 0.354. The van der Waals surface area contributed by atoms with Crippen molar-refractivity contribution in [2.45, 2.75) is 18.8 Å². The standard InChI is InChI=1S/C23H24FN3O3/c1-23(17-7-3-2-4-8-17)15-20(28)27(22(23)30)16-21(29)26-13-11-25(12-14-26)19-10-6-5-9-18(19)24/h2-10H,11-16H2,1H3. The smallest absolute Gasteiger partial charge is 0.242 e. The molecule has 2 aliphatic heterocycles. The molecule has 0 bridgehead atoms. The van der Waals surface area contributed by atoms with Gasteiger partial charge >= 0.3 is 0 Å². The highest BCUT2D eigenvalue weighted by Gasteiger charge is 2.50. The van der Waals surface area contributed by atoms with Gasteiger partial charge in [0, 0.05) is 32.6 Å². The Bertz CT molecular complexity index is 973. The first-order valence-corrected chi connectivity index (χ1v) is 10.1. The van der Waals surface area contributed by atoms with Crippen molar-refractivity contribution in [1.82, 2.24) is 9.80 Å². The topological polar surface area (TPSA) is 60.9 Å². The van der Waals surface area contributed by atoms with Crippen LogP contribution in [-0.4, -0.2) is 60.2 Å². The van der Waals surface area contributed by atoms with E-state index in [1.54, 1.807) is 30.0 Å². The van der Waals surface area contributed by atoms with Gasteiger partial charge in [-0.1, -0.05) is 42.5 Å². The molecule has 0 aromatic heterocycles. The largest absolute Gasteiger partial charge is 0.366 e. The third-order valence-electron chi connectivity index (χ3n) is 6.05. The summed E-state index contributed by atoms with van der Waals surface area (Å²) in [5, 5.41) is 0. The summed E-state index contributed by atoms with van der Waals surface area (Å²) in [7, 11) is 0. The predicted octanol–water partition coefficient (Wildman–Crippen LogP) is 2.19. The average Bonchev–Trinajstić information content (AvgIpc) is 2.99. The molecular weight excluding hydrogens is 385 g/mol. The molecule has 2 aromatic carbocycles. The zero-order valence-corrected chi connectivity index (χ0v) is 16.9. The first-order valence-electron chi connectivity index (χ1n) is 10.1. The minimum Gasteiger partial charge on any atom is -0.366 e. The van der Waals surface area contributed by atoms with Gasteiger partial charge < -0.3 is 9.80 Å². The summed E-state index contributed by atoms with van der Waals surface area (Å²) in [4.78, 5) is 43.0. The first-order chi connectivity index (χ1) is 14.4. The summed E-state index contributed by atoms with van der Waals surface area (Å²) < 4.78 is 14.0. The van der Waals surface area contributed by atoms with Gasteiger partial charge in [-0.2, -0.15) is 0 Å². The van der Waals surface area contributed by atoms with Gasteiger partial charge in [0.25, 0.3) is 0 Å². The quantitative estimate of drug-likeness (QED) is 0.727. The molecule has 156 valence electrons. The number of piperazine rings is 1. The van der Waals surface area contributed by atoms with E-state index in [2.05, 4.69) is 0 Å². The second-order valence-electron chi connectivity index (χ2n) is 7.98. The van der Waals surface area contributed by atoms with Gasteiger partial charge in [0.2, 0.25) is 17.7 Å². The summed E-state index contributed by atoms with van der Waals surface area (Å²) in [6.45, 7) is 3.32. The van der Waals surface area contributed by atoms with Gasteiger partial charge in [-0.05, 0) is 24.6 Å². The molecule has 0 aliphatic carbocycles. The maximum atomic E-state index is 14.0. The molecule has 2 fully saturated rings. The van der Waals surface area contributed by atoms with Crippen molar-refractivity contribution in [1.29, 1.82) is 0 Å². The Labute approximate surface area is 174 Å². The number of anilines is 1. The number of hydrogen-bond acceptors (Lipinski definition) is 4. The molecule has 2 aliphatic rings. The van der Waals surface area contributed by atoms with Crippen LogP contribution in [0, 0.1) is 5.82 Å². The maximum Gasteiger partial charge on any atom is 0.242 e. The van der Waals surface area contributed by atoms with E-state index in [1.807, 2.05) is 35.2 Å². The van der Waals surface area contributed by atoms with Crippen molar-refractivity contribution in [2.75, 3.05) is 37.6 Å². The van der Waals surface area contributed by atoms with Crippen molar-refractivity contribution in [3.8, 4) is 0 Å². The molecule has 0 radical (unpaired) electrons. The van der Waals surface area contributed by atoms with E-state index >= 15 is 0 Å². The number of para-hydroxylation sites is 1. The lowest BCUT2D eigenvalue weighted by Gasteiger charge is -2.36. The van der Waals surface area contributed by atoms with E-state index in [0.717, 1.165) is 10.5 Å². The highest BCUT2D eigenvalue weighted by molar-refractivity contribution is 6.10. The fourth-order valence-electron chi connectivity index (χ4n) is 4.22. The lowest BCUT2D eigenvalue weighted by Crippen LogP contribution is -2.52. The van der Waals surface area contributed by atoms with Crippen LogP contribution >= 0.6 is 0 Å². The molecular formula is C23H24FN3O3. The summed E-state index contributed by atoms with van der Waals surface area (Å²) in [6, 6.07) is 15.8. The maximum absolute atomic E-state index is 14.0. The molecule has 0 spiro atoms. The Morgan fingerprint density at radius 3 is 2.27 bits per heavy atom. The minimum atomic E-state index is -0.942. The molecule has 30 heavy (non-hydrogen) atoms. The van der Waals surface area contributed by atoms with Gasteiger partial charge in [0.1, 0.15) is 12.4 Å². The SMILES string of the molecule is CC1(c2ccccc2)CC(=O)N(CC(=O)N2CCN(c3ccccc3F)CC2)C1=O. The molecule has 1 atom stereocenters. The number of rotatable bonds is 4. The van der Waals surface area contributed by atoms with Crippen LogP contribution in [0.4, 0.5) is 10.1 Å². The zero-order valence-electron chi connectivity index (χ0n) is 16.9. The fraction of sp³-hybridized carbons (Fsp3) is 0.348. The Balaban J connectivity index is 1.39. The molecule has 6 nitrogen and oxygen atoms in total. The van der Waals surface area contributed by atoms with Gasteiger partial charge in [0.15, 0.2) is 0 Å². The van der Waals surface area contributed by atoms with Crippen LogP contribution in [0.2, 0.25) is 0 Å². The Morgan fingerprint density at radius 1 is 0.967 bits per heavy atom. The molecule has 0 N–H and O–H groups in total. The molecule has 2 saturated heterocycles. The third kappa shape index (κ3) is 3.56. The number of likely N-dealkylation sites (tertiary alicyclic amines) is 1. The van der Waals surface area contributed by atoms with E-state index in [0.29, 0.717) is 31.9 Å². The molecule has 2 aromatic rings. The first kappa shape index (κ1) is 20.1. The highest BCUT2D eigenvalue weighted by atomic mass is 19.1. The number of amides is 3. The van der Waals surface area contributed by atoms with Crippen LogP contribution in [-0.2, 0) is 19.8 Å². The van der Waals surface area contributed by atoms with Crippen LogP contribution in [0.3, 0.4) is 0 Å². The van der Waals surface area contributed by atoms with Crippen LogP contribution in [0.25, 0.3) is 0 Å². The van der Waals surface area contributed by atoms with E-state index < -0.39 is 5.41 Å². The third-order valence-corrected chi connectivity index (χ3v) is 6.05. The lowest BCUT2D eigenvalue weighted by atomic mass is 9.81. The summed E-state index contributed by atoms with van der Waals surface area (Å²) in [6.07, 6.45) is 0.0597. The summed E-state index contributed by atoms with van der Waals surface area (Å²) >= 11 is 0. The second-order valence-corrected chi connectivity index (χ2v) is 7.98. The van der Waals surface area contributed by atoms with Crippen molar-refractivity contribution in [3.05, 3.63) is 66.0 Å². The van der Waals surface area contributed by atoms with Crippen molar-refractivity contribution < 1.29 is 18.8 Å². The molecule has 2 heterocycles. The van der Waals surface area contributed by atoms with Crippen LogP contribution in [0.15, 0.2) is 54.6 Å². The number of nitrogens with zero attached hydrogens (tertiary/aromatic N) is 3. The number of carbonyl (C=O) groups is 3. The van der Waals surface area contributed by atoms with Crippen molar-refractivity contribution in [3.63, 3.8) is 0 Å². The van der Waals surface area contributed by atoms with Gasteiger partial charge in [-0.25, -0.2) is 4.39 Å². The van der Waals surface area contributed by atoms with E-state index in [4.69, 9.17) is 0 Å². The Hall–Kier alpha value is -3.22. The van der Waals surface area contributed by atoms with Crippen LogP contribution in [0.5, 0.6) is 0 Å². The normalized spacial score (nSPS) is 22.0. The predicted molar refractivity (Wildman–Crippen MR) is 110 cm³/mol.